The predicted molar refractivity (Wildman–Crippen MR) is 69.6 cm³/mol. The Balaban J connectivity index is 2.83. The van der Waals surface area contributed by atoms with Crippen LogP contribution in [0.4, 0.5) is 14.9 Å². The van der Waals surface area contributed by atoms with Gasteiger partial charge in [-0.2, -0.15) is 0 Å². The van der Waals surface area contributed by atoms with Gasteiger partial charge >= 0.3 is 12.0 Å². The van der Waals surface area contributed by atoms with Crippen LogP contribution in [0.25, 0.3) is 0 Å². The van der Waals surface area contributed by atoms with Gasteiger partial charge < -0.3 is 15.3 Å². The van der Waals surface area contributed by atoms with Gasteiger partial charge in [0, 0.05) is 6.54 Å². The molecule has 2 N–H and O–H groups in total. The standard InChI is InChI=1S/C13H15FN2O3/c1-3-6-16(8-12(17)18)13(19)15-11-7-9(2)4-5-10(11)14/h3-5,7H,1,6,8H2,2H3,(H,15,19)(H,17,18). The van der Waals surface area contributed by atoms with Gasteiger partial charge in [-0.1, -0.05) is 12.1 Å². The number of aliphatic carboxylic acids is 1. The summed E-state index contributed by atoms with van der Waals surface area (Å²) in [6.45, 7) is 4.78. The molecule has 0 aliphatic rings. The van der Waals surface area contributed by atoms with Crippen LogP contribution in [0.3, 0.4) is 0 Å². The molecule has 0 aliphatic carbocycles. The second-order valence-electron chi connectivity index (χ2n) is 3.98. The molecule has 0 saturated carbocycles. The molecule has 2 amide bonds. The Morgan fingerprint density at radius 1 is 1.53 bits per heavy atom. The van der Waals surface area contributed by atoms with Crippen molar-refractivity contribution in [3.63, 3.8) is 0 Å². The topological polar surface area (TPSA) is 69.6 Å². The van der Waals surface area contributed by atoms with E-state index in [-0.39, 0.29) is 12.2 Å². The van der Waals surface area contributed by atoms with Crippen LogP contribution < -0.4 is 5.32 Å². The predicted octanol–water partition coefficient (Wildman–Crippen LogP) is 2.24. The summed E-state index contributed by atoms with van der Waals surface area (Å²) in [5, 5.41) is 11.0. The summed E-state index contributed by atoms with van der Waals surface area (Å²) in [5.41, 5.74) is 0.801. The molecule has 19 heavy (non-hydrogen) atoms. The average Bonchev–Trinajstić information content (AvgIpc) is 2.32. The number of nitrogens with one attached hydrogen (secondary N) is 1. The number of carboxylic acids is 1. The van der Waals surface area contributed by atoms with Crippen LogP contribution >= 0.6 is 0 Å². The van der Waals surface area contributed by atoms with E-state index in [1.54, 1.807) is 13.0 Å². The highest BCUT2D eigenvalue weighted by Crippen LogP contribution is 2.16. The number of anilines is 1. The maximum Gasteiger partial charge on any atom is 0.323 e. The Morgan fingerprint density at radius 2 is 2.21 bits per heavy atom. The van der Waals surface area contributed by atoms with Gasteiger partial charge in [0.2, 0.25) is 0 Å². The number of nitrogens with zero attached hydrogens (tertiary/aromatic N) is 1. The fourth-order valence-corrected chi connectivity index (χ4v) is 1.47. The molecule has 102 valence electrons. The van der Waals surface area contributed by atoms with E-state index in [1.165, 1.54) is 18.2 Å². The first-order valence-corrected chi connectivity index (χ1v) is 5.58. The summed E-state index contributed by atoms with van der Waals surface area (Å²) in [4.78, 5) is 23.5. The molecule has 5 nitrogen and oxygen atoms in total. The molecule has 1 aromatic carbocycles. The molecule has 0 radical (unpaired) electrons. The van der Waals surface area contributed by atoms with E-state index in [0.29, 0.717) is 0 Å². The van der Waals surface area contributed by atoms with E-state index in [1.807, 2.05) is 0 Å². The number of carboxylic acid groups (broad SMARTS) is 1. The van der Waals surface area contributed by atoms with E-state index >= 15 is 0 Å². The van der Waals surface area contributed by atoms with Crippen molar-refractivity contribution in [2.75, 3.05) is 18.4 Å². The monoisotopic (exact) mass is 266 g/mol. The van der Waals surface area contributed by atoms with Crippen LogP contribution in [0.1, 0.15) is 5.56 Å². The Labute approximate surface area is 110 Å². The van der Waals surface area contributed by atoms with Gasteiger partial charge in [0.05, 0.1) is 5.69 Å². The lowest BCUT2D eigenvalue weighted by molar-refractivity contribution is -0.137. The fraction of sp³-hybridized carbons (Fsp3) is 0.231. The number of urea groups is 1. The van der Waals surface area contributed by atoms with Crippen LogP contribution in [0.2, 0.25) is 0 Å². The van der Waals surface area contributed by atoms with Crippen LogP contribution in [0, 0.1) is 12.7 Å². The molecule has 1 aromatic rings. The SMILES string of the molecule is C=CCN(CC(=O)O)C(=O)Nc1cc(C)ccc1F. The smallest absolute Gasteiger partial charge is 0.323 e. The van der Waals surface area contributed by atoms with Crippen LogP contribution in [0.15, 0.2) is 30.9 Å². The number of benzene rings is 1. The fourth-order valence-electron chi connectivity index (χ4n) is 1.47. The largest absolute Gasteiger partial charge is 0.480 e. The number of hydrogen-bond donors (Lipinski definition) is 2. The van der Waals surface area contributed by atoms with Gasteiger partial charge in [0.1, 0.15) is 12.4 Å². The van der Waals surface area contributed by atoms with Gasteiger partial charge in [0.25, 0.3) is 0 Å². The summed E-state index contributed by atoms with van der Waals surface area (Å²) in [6, 6.07) is 3.59. The van der Waals surface area contributed by atoms with Crippen LogP contribution in [-0.4, -0.2) is 35.1 Å². The van der Waals surface area contributed by atoms with Gasteiger partial charge in [-0.3, -0.25) is 4.79 Å². The zero-order valence-electron chi connectivity index (χ0n) is 10.5. The molecule has 0 bridgehead atoms. The number of rotatable bonds is 5. The first-order chi connectivity index (χ1) is 8.93. The summed E-state index contributed by atoms with van der Waals surface area (Å²) in [6.07, 6.45) is 1.40. The minimum Gasteiger partial charge on any atom is -0.480 e. The Hall–Kier alpha value is -2.37. The summed E-state index contributed by atoms with van der Waals surface area (Å²) >= 11 is 0. The molecule has 0 aromatic heterocycles. The van der Waals surface area contributed by atoms with E-state index in [4.69, 9.17) is 5.11 Å². The summed E-state index contributed by atoms with van der Waals surface area (Å²) < 4.78 is 13.5. The number of aryl methyl sites for hydroxylation is 1. The van der Waals surface area contributed by atoms with Crippen molar-refractivity contribution in [3.05, 3.63) is 42.2 Å². The van der Waals surface area contributed by atoms with Crippen molar-refractivity contribution >= 4 is 17.7 Å². The number of amides is 2. The van der Waals surface area contributed by atoms with Gasteiger partial charge in [-0.05, 0) is 24.6 Å². The third kappa shape index (κ3) is 4.42. The van der Waals surface area contributed by atoms with Gasteiger partial charge in [0.15, 0.2) is 0 Å². The normalized spacial score (nSPS) is 9.79. The highest BCUT2D eigenvalue weighted by Gasteiger charge is 2.16. The van der Waals surface area contributed by atoms with E-state index in [0.717, 1.165) is 10.5 Å². The minimum atomic E-state index is -1.15. The molecule has 6 heteroatoms. The Bertz CT molecular complexity index is 503. The molecule has 0 unspecified atom stereocenters. The number of carbonyl (C=O) groups is 2. The van der Waals surface area contributed by atoms with E-state index in [9.17, 15) is 14.0 Å². The maximum absolute atomic E-state index is 13.5. The molecule has 0 saturated heterocycles. The summed E-state index contributed by atoms with van der Waals surface area (Å²) in [5.74, 6) is -1.73. The third-order valence-electron chi connectivity index (χ3n) is 2.33. The quantitative estimate of drug-likeness (QED) is 0.803. The molecular weight excluding hydrogens is 251 g/mol. The molecule has 0 spiro atoms. The number of carbonyl (C=O) groups excluding carboxylic acids is 1. The van der Waals surface area contributed by atoms with Crippen molar-refractivity contribution in [1.82, 2.24) is 4.90 Å². The zero-order chi connectivity index (χ0) is 14.4. The van der Waals surface area contributed by atoms with Crippen LogP contribution in [0.5, 0.6) is 0 Å². The molecular formula is C13H15FN2O3. The van der Waals surface area contributed by atoms with Gasteiger partial charge in [-0.25, -0.2) is 9.18 Å². The second-order valence-corrected chi connectivity index (χ2v) is 3.98. The lowest BCUT2D eigenvalue weighted by atomic mass is 10.2. The third-order valence-corrected chi connectivity index (χ3v) is 2.33. The van der Waals surface area contributed by atoms with Crippen molar-refractivity contribution < 1.29 is 19.1 Å². The van der Waals surface area contributed by atoms with Crippen LogP contribution in [-0.2, 0) is 4.79 Å². The zero-order valence-corrected chi connectivity index (χ0v) is 10.5. The van der Waals surface area contributed by atoms with Crippen molar-refractivity contribution in [2.24, 2.45) is 0 Å². The van der Waals surface area contributed by atoms with E-state index < -0.39 is 24.4 Å². The molecule has 0 atom stereocenters. The van der Waals surface area contributed by atoms with Crippen molar-refractivity contribution in [1.29, 1.82) is 0 Å². The maximum atomic E-state index is 13.5. The molecule has 0 aliphatic heterocycles. The lowest BCUT2D eigenvalue weighted by Gasteiger charge is -2.19. The van der Waals surface area contributed by atoms with Crippen molar-refractivity contribution in [2.45, 2.75) is 6.92 Å². The highest BCUT2D eigenvalue weighted by molar-refractivity contribution is 5.91. The van der Waals surface area contributed by atoms with E-state index in [2.05, 4.69) is 11.9 Å². The Kier molecular flexibility index (Phi) is 5.05. The molecule has 0 heterocycles. The average molecular weight is 266 g/mol. The minimum absolute atomic E-state index is 0.0180. The Morgan fingerprint density at radius 3 is 2.79 bits per heavy atom. The molecule has 1 rings (SSSR count). The number of hydrogen-bond acceptors (Lipinski definition) is 2. The second kappa shape index (κ2) is 6.53. The number of halogens is 1. The lowest BCUT2D eigenvalue weighted by Crippen LogP contribution is -2.39. The highest BCUT2D eigenvalue weighted by atomic mass is 19.1. The first-order valence-electron chi connectivity index (χ1n) is 5.58. The molecule has 0 fully saturated rings. The van der Waals surface area contributed by atoms with Crippen molar-refractivity contribution in [3.8, 4) is 0 Å². The van der Waals surface area contributed by atoms with Gasteiger partial charge in [-0.15, -0.1) is 6.58 Å². The summed E-state index contributed by atoms with van der Waals surface area (Å²) in [7, 11) is 0. The first kappa shape index (κ1) is 14.7.